The Labute approximate surface area is 131 Å². The van der Waals surface area contributed by atoms with E-state index in [0.717, 1.165) is 15.6 Å². The minimum absolute atomic E-state index is 0.475. The van der Waals surface area contributed by atoms with Gasteiger partial charge in [0.25, 0.3) is 0 Å². The number of carbonyl (C=O) groups is 1. The Hall–Kier alpha value is -1.58. The van der Waals surface area contributed by atoms with Crippen LogP contribution in [0.5, 0.6) is 0 Å². The highest BCUT2D eigenvalue weighted by molar-refractivity contribution is 9.10. The van der Waals surface area contributed by atoms with Crippen LogP contribution in [-0.2, 0) is 9.53 Å². The molecule has 0 spiro atoms. The normalized spacial score (nSPS) is 12.3. The van der Waals surface area contributed by atoms with Crippen LogP contribution in [0.2, 0.25) is 0 Å². The third-order valence-corrected chi connectivity index (χ3v) is 3.43. The summed E-state index contributed by atoms with van der Waals surface area (Å²) in [6.45, 7) is 0. The summed E-state index contributed by atoms with van der Waals surface area (Å²) in [7, 11) is 0. The maximum atomic E-state index is 11.7. The van der Waals surface area contributed by atoms with Crippen LogP contribution in [0.4, 0.5) is 0 Å². The van der Waals surface area contributed by atoms with Gasteiger partial charge in [-0.25, -0.2) is 4.79 Å². The molecule has 102 valence electrons. The van der Waals surface area contributed by atoms with Crippen LogP contribution in [0.3, 0.4) is 0 Å². The first kappa shape index (κ1) is 14.8. The van der Waals surface area contributed by atoms with Crippen molar-refractivity contribution in [2.75, 3.05) is 0 Å². The van der Waals surface area contributed by atoms with E-state index in [2.05, 4.69) is 15.9 Å². The molecule has 2 aromatic rings. The Morgan fingerprint density at radius 3 is 2.40 bits per heavy atom. The largest absolute Gasteiger partial charge is 0.438 e. The molecular formula is C16H12BrClO2. The van der Waals surface area contributed by atoms with Gasteiger partial charge in [0.2, 0.25) is 5.56 Å². The lowest BCUT2D eigenvalue weighted by atomic mass is 10.2. The van der Waals surface area contributed by atoms with Gasteiger partial charge in [-0.1, -0.05) is 70.0 Å². The number of alkyl halides is 1. The highest BCUT2D eigenvalue weighted by atomic mass is 79.9. The van der Waals surface area contributed by atoms with Crippen LogP contribution in [0, 0.1) is 0 Å². The van der Waals surface area contributed by atoms with Gasteiger partial charge in [0.05, 0.1) is 0 Å². The molecule has 0 amide bonds. The Morgan fingerprint density at radius 1 is 1.10 bits per heavy atom. The van der Waals surface area contributed by atoms with Crippen LogP contribution in [0.1, 0.15) is 16.7 Å². The molecule has 2 nitrogen and oxygen atoms in total. The third-order valence-electron chi connectivity index (χ3n) is 2.56. The number of rotatable bonds is 4. The van der Waals surface area contributed by atoms with Gasteiger partial charge in [0.15, 0.2) is 0 Å². The Balaban J connectivity index is 1.94. The van der Waals surface area contributed by atoms with Gasteiger partial charge >= 0.3 is 5.97 Å². The Morgan fingerprint density at radius 2 is 1.75 bits per heavy atom. The molecule has 0 saturated heterocycles. The summed E-state index contributed by atoms with van der Waals surface area (Å²) in [4.78, 5) is 11.7. The van der Waals surface area contributed by atoms with Crippen LogP contribution in [0.25, 0.3) is 6.08 Å². The summed E-state index contributed by atoms with van der Waals surface area (Å²) in [5, 5.41) is 0. The second-order valence-corrected chi connectivity index (χ2v) is 5.36. The highest BCUT2D eigenvalue weighted by Gasteiger charge is 2.11. The lowest BCUT2D eigenvalue weighted by Gasteiger charge is -2.09. The van der Waals surface area contributed by atoms with E-state index in [-0.39, 0.29) is 0 Å². The maximum absolute atomic E-state index is 11.7. The number of hydrogen-bond donors (Lipinski definition) is 0. The molecule has 1 atom stereocenters. The molecular weight excluding hydrogens is 340 g/mol. The van der Waals surface area contributed by atoms with Gasteiger partial charge in [0.1, 0.15) is 0 Å². The molecule has 20 heavy (non-hydrogen) atoms. The molecule has 0 radical (unpaired) electrons. The van der Waals surface area contributed by atoms with Crippen molar-refractivity contribution < 1.29 is 9.53 Å². The average molecular weight is 352 g/mol. The lowest BCUT2D eigenvalue weighted by molar-refractivity contribution is -0.139. The fourth-order valence-corrected chi connectivity index (χ4v) is 2.05. The summed E-state index contributed by atoms with van der Waals surface area (Å²) in [6.07, 6.45) is 3.05. The van der Waals surface area contributed by atoms with E-state index >= 15 is 0 Å². The van der Waals surface area contributed by atoms with E-state index in [9.17, 15) is 4.79 Å². The van der Waals surface area contributed by atoms with E-state index in [1.807, 2.05) is 42.5 Å². The lowest BCUT2D eigenvalue weighted by Crippen LogP contribution is -2.04. The molecule has 1 unspecified atom stereocenters. The van der Waals surface area contributed by atoms with Gasteiger partial charge in [-0.15, -0.1) is 0 Å². The third kappa shape index (κ3) is 4.51. The van der Waals surface area contributed by atoms with E-state index in [0.29, 0.717) is 0 Å². The van der Waals surface area contributed by atoms with Crippen molar-refractivity contribution in [1.82, 2.24) is 0 Å². The zero-order valence-corrected chi connectivity index (χ0v) is 12.8. The number of carbonyl (C=O) groups excluding carboxylic acids is 1. The van der Waals surface area contributed by atoms with Crippen molar-refractivity contribution in [3.05, 3.63) is 76.3 Å². The molecule has 0 saturated carbocycles. The Kier molecular flexibility index (Phi) is 5.39. The van der Waals surface area contributed by atoms with Crippen molar-refractivity contribution >= 4 is 39.6 Å². The molecule has 0 aromatic heterocycles. The second-order valence-electron chi connectivity index (χ2n) is 4.05. The smallest absolute Gasteiger partial charge is 0.332 e. The van der Waals surface area contributed by atoms with Gasteiger partial charge in [-0.2, -0.15) is 0 Å². The summed E-state index contributed by atoms with van der Waals surface area (Å²) in [5.74, 6) is -0.475. The SMILES string of the molecule is O=C(C=Cc1ccccc1)OC(Cl)c1ccc(Br)cc1. The van der Waals surface area contributed by atoms with Crippen molar-refractivity contribution in [3.63, 3.8) is 0 Å². The van der Waals surface area contributed by atoms with E-state index in [1.165, 1.54) is 6.08 Å². The minimum atomic E-state index is -0.795. The van der Waals surface area contributed by atoms with E-state index < -0.39 is 11.5 Å². The number of esters is 1. The van der Waals surface area contributed by atoms with Crippen LogP contribution in [0.15, 0.2) is 65.1 Å². The van der Waals surface area contributed by atoms with Gasteiger partial charge in [0, 0.05) is 16.1 Å². The van der Waals surface area contributed by atoms with Gasteiger partial charge in [-0.3, -0.25) is 0 Å². The van der Waals surface area contributed by atoms with Crippen molar-refractivity contribution in [2.24, 2.45) is 0 Å². The molecule has 4 heteroatoms. The number of benzene rings is 2. The quantitative estimate of drug-likeness (QED) is 0.443. The topological polar surface area (TPSA) is 26.3 Å². The zero-order chi connectivity index (χ0) is 14.4. The second kappa shape index (κ2) is 7.27. The molecule has 0 heterocycles. The average Bonchev–Trinajstić information content (AvgIpc) is 2.47. The fourth-order valence-electron chi connectivity index (χ4n) is 1.55. The predicted octanol–water partition coefficient (Wildman–Crippen LogP) is 4.94. The zero-order valence-electron chi connectivity index (χ0n) is 10.5. The first-order valence-corrected chi connectivity index (χ1v) is 7.21. The summed E-state index contributed by atoms with van der Waals surface area (Å²) < 4.78 is 6.07. The first-order chi connectivity index (χ1) is 9.65. The monoisotopic (exact) mass is 350 g/mol. The summed E-state index contributed by atoms with van der Waals surface area (Å²) in [5.41, 5.74) is 0.867. The molecule has 0 aliphatic rings. The van der Waals surface area contributed by atoms with Crippen LogP contribution >= 0.6 is 27.5 Å². The standard InChI is InChI=1S/C16H12BrClO2/c17-14-9-7-13(8-10-14)16(18)20-15(19)11-6-12-4-2-1-3-5-12/h1-11,16H. The number of halogens is 2. The summed E-state index contributed by atoms with van der Waals surface area (Å²) >= 11 is 9.38. The fraction of sp³-hybridized carbons (Fsp3) is 0.0625. The first-order valence-electron chi connectivity index (χ1n) is 5.98. The predicted molar refractivity (Wildman–Crippen MR) is 84.3 cm³/mol. The maximum Gasteiger partial charge on any atom is 0.332 e. The van der Waals surface area contributed by atoms with Crippen LogP contribution in [-0.4, -0.2) is 5.97 Å². The Bertz CT molecular complexity index is 594. The van der Waals surface area contributed by atoms with Crippen molar-refractivity contribution in [3.8, 4) is 0 Å². The molecule has 0 N–H and O–H groups in total. The molecule has 0 aliphatic heterocycles. The summed E-state index contributed by atoms with van der Waals surface area (Å²) in [6, 6.07) is 16.8. The van der Waals surface area contributed by atoms with Gasteiger partial charge in [-0.05, 0) is 23.8 Å². The minimum Gasteiger partial charge on any atom is -0.438 e. The van der Waals surface area contributed by atoms with Crippen molar-refractivity contribution in [2.45, 2.75) is 5.56 Å². The van der Waals surface area contributed by atoms with E-state index in [4.69, 9.17) is 16.3 Å². The number of ether oxygens (including phenoxy) is 1. The molecule has 0 aliphatic carbocycles. The van der Waals surface area contributed by atoms with E-state index in [1.54, 1.807) is 18.2 Å². The molecule has 0 bridgehead atoms. The molecule has 0 fully saturated rings. The highest BCUT2D eigenvalue weighted by Crippen LogP contribution is 2.23. The van der Waals surface area contributed by atoms with Crippen molar-refractivity contribution in [1.29, 1.82) is 0 Å². The number of hydrogen-bond acceptors (Lipinski definition) is 2. The van der Waals surface area contributed by atoms with Crippen LogP contribution < -0.4 is 0 Å². The van der Waals surface area contributed by atoms with Gasteiger partial charge < -0.3 is 4.74 Å². The molecule has 2 rings (SSSR count). The molecule has 2 aromatic carbocycles.